The van der Waals surface area contributed by atoms with Gasteiger partial charge in [0.25, 0.3) is 5.56 Å². The highest BCUT2D eigenvalue weighted by molar-refractivity contribution is 5.92. The van der Waals surface area contributed by atoms with Gasteiger partial charge in [0.2, 0.25) is 11.8 Å². The Bertz CT molecular complexity index is 1650. The molecule has 4 N–H and O–H groups in total. The summed E-state index contributed by atoms with van der Waals surface area (Å²) in [5.41, 5.74) is 0.0199. The Morgan fingerprint density at radius 3 is 2.07 bits per heavy atom. The molecule has 0 saturated heterocycles. The first-order valence-electron chi connectivity index (χ1n) is 13.3. The van der Waals surface area contributed by atoms with Crippen LogP contribution in [-0.4, -0.2) is 38.5 Å². The molecule has 4 aromatic rings. The summed E-state index contributed by atoms with van der Waals surface area (Å²) >= 11 is 0. The van der Waals surface area contributed by atoms with Crippen LogP contribution >= 0.6 is 0 Å². The molecule has 0 bridgehead atoms. The van der Waals surface area contributed by atoms with E-state index in [4.69, 9.17) is 0 Å². The van der Waals surface area contributed by atoms with Crippen LogP contribution in [0, 0.1) is 5.92 Å². The molecule has 0 radical (unpaired) electrons. The average Bonchev–Trinajstić information content (AvgIpc) is 2.95. The highest BCUT2D eigenvalue weighted by atomic mass is 16.4. The Balaban J connectivity index is 1.70. The number of benzene rings is 3. The van der Waals surface area contributed by atoms with Crippen molar-refractivity contribution in [2.45, 2.75) is 44.8 Å². The number of amides is 2. The van der Waals surface area contributed by atoms with Crippen LogP contribution in [0.2, 0.25) is 0 Å². The minimum Gasteiger partial charge on any atom is -0.479 e. The highest BCUT2D eigenvalue weighted by Crippen LogP contribution is 2.17. The zero-order valence-electron chi connectivity index (χ0n) is 22.7. The Kier molecular flexibility index (Phi) is 9.13. The topological polar surface area (TPSA) is 150 Å². The summed E-state index contributed by atoms with van der Waals surface area (Å²) in [7, 11) is 0. The molecule has 0 saturated carbocycles. The van der Waals surface area contributed by atoms with E-state index in [1.165, 1.54) is 0 Å². The first kappa shape index (κ1) is 29.0. The van der Waals surface area contributed by atoms with Crippen LogP contribution < -0.4 is 21.9 Å². The van der Waals surface area contributed by atoms with E-state index < -0.39 is 47.2 Å². The average molecular weight is 557 g/mol. The molecule has 0 unspecified atom stereocenters. The third kappa shape index (κ3) is 6.96. The smallest absolute Gasteiger partial charge is 0.330 e. The number of aromatic nitrogens is 2. The first-order chi connectivity index (χ1) is 19.7. The second-order valence-electron chi connectivity index (χ2n) is 10.2. The lowest BCUT2D eigenvalue weighted by Crippen LogP contribution is -2.53. The first-order valence-corrected chi connectivity index (χ1v) is 13.3. The predicted molar refractivity (Wildman–Crippen MR) is 154 cm³/mol. The van der Waals surface area contributed by atoms with Gasteiger partial charge in [-0.2, -0.15) is 0 Å². The second-order valence-corrected chi connectivity index (χ2v) is 10.2. The van der Waals surface area contributed by atoms with Gasteiger partial charge in [0.1, 0.15) is 12.1 Å². The van der Waals surface area contributed by atoms with E-state index in [1.54, 1.807) is 78.9 Å². The molecular weight excluding hydrogens is 524 g/mol. The summed E-state index contributed by atoms with van der Waals surface area (Å²) in [5, 5.41) is 15.3. The summed E-state index contributed by atoms with van der Waals surface area (Å²) in [5.74, 6) is -2.72. The number of hydrogen-bond donors (Lipinski definition) is 4. The van der Waals surface area contributed by atoms with Crippen molar-refractivity contribution in [2.75, 3.05) is 0 Å². The minimum absolute atomic E-state index is 0.00574. The molecular formula is C31H32N4O6. The monoisotopic (exact) mass is 556 g/mol. The number of carboxylic acids is 1. The van der Waals surface area contributed by atoms with Crippen LogP contribution in [0.1, 0.15) is 43.5 Å². The zero-order valence-corrected chi connectivity index (χ0v) is 22.7. The van der Waals surface area contributed by atoms with Crippen LogP contribution in [0.4, 0.5) is 0 Å². The number of para-hydroxylation sites is 1. The van der Waals surface area contributed by atoms with E-state index in [2.05, 4.69) is 15.6 Å². The number of carbonyl (C=O) groups is 3. The van der Waals surface area contributed by atoms with Gasteiger partial charge in [-0.3, -0.25) is 14.4 Å². The fourth-order valence-corrected chi connectivity index (χ4v) is 4.74. The second kappa shape index (κ2) is 12.9. The van der Waals surface area contributed by atoms with Crippen molar-refractivity contribution in [1.29, 1.82) is 0 Å². The fraction of sp³-hybridized carbons (Fsp3) is 0.258. The van der Waals surface area contributed by atoms with E-state index in [9.17, 15) is 29.1 Å². The van der Waals surface area contributed by atoms with Crippen LogP contribution in [0.25, 0.3) is 10.9 Å². The molecule has 0 aliphatic carbocycles. The number of aromatic amines is 1. The number of hydrogen-bond acceptors (Lipinski definition) is 5. The normalized spacial score (nSPS) is 13.3. The van der Waals surface area contributed by atoms with Crippen molar-refractivity contribution >= 4 is 28.7 Å². The summed E-state index contributed by atoms with van der Waals surface area (Å²) in [4.78, 5) is 68.6. The molecule has 10 nitrogen and oxygen atoms in total. The van der Waals surface area contributed by atoms with Gasteiger partial charge >= 0.3 is 11.7 Å². The lowest BCUT2D eigenvalue weighted by Gasteiger charge is -2.26. The van der Waals surface area contributed by atoms with Gasteiger partial charge in [0.05, 0.1) is 10.9 Å². The molecule has 3 atom stereocenters. The summed E-state index contributed by atoms with van der Waals surface area (Å²) in [6.45, 7) is 3.72. The standard InChI is InChI=1S/C31H32N4O6/c1-19(2)17-24(27(36)34-26(30(39)40)21-13-7-4-8-14-21)32-28(37)25(18-20-11-5-3-6-12-20)35-29(38)22-15-9-10-16-23(22)33-31(35)41/h3-16,19,24-26H,17-18H2,1-2H3,(H,32,37)(H,33,41)(H,34,36)(H,39,40)/t24-,25-,26+/m0/s1. The van der Waals surface area contributed by atoms with E-state index in [-0.39, 0.29) is 24.1 Å². The van der Waals surface area contributed by atoms with Gasteiger partial charge in [0.15, 0.2) is 6.04 Å². The maximum absolute atomic E-state index is 13.9. The Morgan fingerprint density at radius 2 is 1.44 bits per heavy atom. The summed E-state index contributed by atoms with van der Waals surface area (Å²) < 4.78 is 0.874. The van der Waals surface area contributed by atoms with Crippen molar-refractivity contribution in [3.05, 3.63) is 117 Å². The summed E-state index contributed by atoms with van der Waals surface area (Å²) in [6.07, 6.45) is 0.200. The molecule has 0 fully saturated rings. The molecule has 4 rings (SSSR count). The molecule has 1 heterocycles. The van der Waals surface area contributed by atoms with Crippen LogP contribution in [-0.2, 0) is 20.8 Å². The van der Waals surface area contributed by atoms with Crippen LogP contribution in [0.3, 0.4) is 0 Å². The number of rotatable bonds is 11. The highest BCUT2D eigenvalue weighted by Gasteiger charge is 2.32. The van der Waals surface area contributed by atoms with Crippen LogP contribution in [0.15, 0.2) is 94.5 Å². The third-order valence-electron chi connectivity index (χ3n) is 6.73. The number of fused-ring (bicyclic) bond motifs is 1. The third-order valence-corrected chi connectivity index (χ3v) is 6.73. The number of carboxylic acid groups (broad SMARTS) is 1. The van der Waals surface area contributed by atoms with E-state index >= 15 is 0 Å². The lowest BCUT2D eigenvalue weighted by atomic mass is 10.00. The molecule has 3 aromatic carbocycles. The molecule has 0 aliphatic heterocycles. The number of carbonyl (C=O) groups excluding carboxylic acids is 2. The largest absolute Gasteiger partial charge is 0.479 e. The maximum atomic E-state index is 13.9. The molecule has 1 aromatic heterocycles. The number of nitrogens with one attached hydrogen (secondary N) is 3. The van der Waals surface area contributed by atoms with Gasteiger partial charge in [-0.15, -0.1) is 0 Å². The van der Waals surface area contributed by atoms with Crippen molar-refractivity contribution in [3.63, 3.8) is 0 Å². The number of H-pyrrole nitrogens is 1. The molecule has 0 spiro atoms. The van der Waals surface area contributed by atoms with Crippen molar-refractivity contribution in [2.24, 2.45) is 5.92 Å². The fourth-order valence-electron chi connectivity index (χ4n) is 4.74. The van der Waals surface area contributed by atoms with E-state index in [0.29, 0.717) is 16.6 Å². The van der Waals surface area contributed by atoms with Gasteiger partial charge in [-0.05, 0) is 35.6 Å². The Morgan fingerprint density at radius 1 is 0.829 bits per heavy atom. The predicted octanol–water partition coefficient (Wildman–Crippen LogP) is 2.95. The molecule has 212 valence electrons. The van der Waals surface area contributed by atoms with E-state index in [1.807, 2.05) is 19.9 Å². The maximum Gasteiger partial charge on any atom is 0.330 e. The zero-order chi connectivity index (χ0) is 29.5. The quantitative estimate of drug-likeness (QED) is 0.223. The van der Waals surface area contributed by atoms with Gasteiger partial charge in [-0.1, -0.05) is 86.6 Å². The molecule has 41 heavy (non-hydrogen) atoms. The number of aliphatic carboxylic acids is 1. The molecule has 2 amide bonds. The molecule has 10 heteroatoms. The van der Waals surface area contributed by atoms with E-state index in [0.717, 1.165) is 4.57 Å². The van der Waals surface area contributed by atoms with Gasteiger partial charge in [-0.25, -0.2) is 14.2 Å². The minimum atomic E-state index is -1.33. The lowest BCUT2D eigenvalue weighted by molar-refractivity contribution is -0.142. The SMILES string of the molecule is CC(C)C[C@H](NC(=O)[C@H](Cc1ccccc1)n1c(=O)[nH]c2ccccc2c1=O)C(=O)N[C@@H](C(=O)O)c1ccccc1. The number of nitrogens with zero attached hydrogens (tertiary/aromatic N) is 1. The summed E-state index contributed by atoms with van der Waals surface area (Å²) in [6, 6.07) is 19.9. The van der Waals surface area contributed by atoms with Crippen molar-refractivity contribution < 1.29 is 19.5 Å². The Hall–Kier alpha value is -4.99. The van der Waals surface area contributed by atoms with Crippen LogP contribution in [0.5, 0.6) is 0 Å². The van der Waals surface area contributed by atoms with Crippen molar-refractivity contribution in [1.82, 2.24) is 20.2 Å². The van der Waals surface area contributed by atoms with Crippen molar-refractivity contribution in [3.8, 4) is 0 Å². The molecule has 0 aliphatic rings. The van der Waals surface area contributed by atoms with Gasteiger partial charge < -0.3 is 20.7 Å². The Labute approximate surface area is 236 Å². The van der Waals surface area contributed by atoms with Gasteiger partial charge in [0, 0.05) is 6.42 Å².